The third-order valence-electron chi connectivity index (χ3n) is 1.72. The Balaban J connectivity index is 2.53. The van der Waals surface area contributed by atoms with E-state index in [0.29, 0.717) is 15.7 Å². The first-order valence-electron chi connectivity index (χ1n) is 3.74. The molecule has 0 N–H and O–H groups in total. The minimum Gasteiger partial charge on any atom is -0.363 e. The van der Waals surface area contributed by atoms with Gasteiger partial charge in [-0.2, -0.15) is 0 Å². The molecule has 0 fully saturated rings. The lowest BCUT2D eigenvalue weighted by molar-refractivity contribution is 0.422. The number of nitrogens with zero attached hydrogens (tertiary/aromatic N) is 1. The minimum absolute atomic E-state index is 0.0670. The van der Waals surface area contributed by atoms with Gasteiger partial charge < -0.3 is 4.52 Å². The molecule has 0 bridgehead atoms. The second-order valence-corrected chi connectivity index (χ2v) is 3.90. The maximum absolute atomic E-state index is 12.9. The van der Waals surface area contributed by atoms with Crippen molar-refractivity contribution in [2.24, 2.45) is 0 Å². The van der Waals surface area contributed by atoms with Gasteiger partial charge in [0.15, 0.2) is 0 Å². The van der Waals surface area contributed by atoms with Gasteiger partial charge in [0.1, 0.15) is 17.8 Å². The average Bonchev–Trinajstić information content (AvgIpc) is 2.57. The Kier molecular flexibility index (Phi) is 2.56. The largest absolute Gasteiger partial charge is 0.363 e. The molecular formula is C9H4BrClFNO. The lowest BCUT2D eigenvalue weighted by Crippen LogP contribution is -1.81. The topological polar surface area (TPSA) is 26.0 Å². The van der Waals surface area contributed by atoms with Crippen LogP contribution in [0.1, 0.15) is 0 Å². The first kappa shape index (κ1) is 9.68. The van der Waals surface area contributed by atoms with Crippen LogP contribution in [0.25, 0.3) is 11.3 Å². The lowest BCUT2D eigenvalue weighted by atomic mass is 10.1. The van der Waals surface area contributed by atoms with Gasteiger partial charge >= 0.3 is 0 Å². The summed E-state index contributed by atoms with van der Waals surface area (Å²) in [6.45, 7) is 0. The fourth-order valence-corrected chi connectivity index (χ4v) is 1.62. The van der Waals surface area contributed by atoms with Crippen LogP contribution < -0.4 is 0 Å². The van der Waals surface area contributed by atoms with Gasteiger partial charge in [0.2, 0.25) is 0 Å². The molecular weight excluding hydrogens is 272 g/mol. The molecule has 0 unspecified atom stereocenters. The predicted octanol–water partition coefficient (Wildman–Crippen LogP) is 3.90. The van der Waals surface area contributed by atoms with E-state index >= 15 is 0 Å². The molecule has 1 heterocycles. The second kappa shape index (κ2) is 3.71. The van der Waals surface area contributed by atoms with E-state index in [1.54, 1.807) is 6.07 Å². The van der Waals surface area contributed by atoms with E-state index < -0.39 is 5.82 Å². The zero-order chi connectivity index (χ0) is 10.1. The van der Waals surface area contributed by atoms with Crippen molar-refractivity contribution >= 4 is 27.5 Å². The van der Waals surface area contributed by atoms with Gasteiger partial charge in [-0.05, 0) is 34.1 Å². The molecule has 2 aromatic rings. The van der Waals surface area contributed by atoms with E-state index in [4.69, 9.17) is 16.1 Å². The summed E-state index contributed by atoms with van der Waals surface area (Å²) >= 11 is 8.89. The molecule has 1 aromatic carbocycles. The van der Waals surface area contributed by atoms with Crippen molar-refractivity contribution in [3.05, 3.63) is 39.8 Å². The predicted molar refractivity (Wildman–Crippen MR) is 54.6 cm³/mol. The van der Waals surface area contributed by atoms with Crippen molar-refractivity contribution in [3.63, 3.8) is 0 Å². The van der Waals surface area contributed by atoms with E-state index in [1.807, 2.05) is 0 Å². The van der Waals surface area contributed by atoms with Gasteiger partial charge in [0, 0.05) is 5.56 Å². The number of hydrogen-bond donors (Lipinski definition) is 0. The summed E-state index contributed by atoms with van der Waals surface area (Å²) in [7, 11) is 0. The van der Waals surface area contributed by atoms with E-state index in [2.05, 4.69) is 21.1 Å². The number of rotatable bonds is 1. The fraction of sp³-hybridized carbons (Fsp3) is 0. The summed E-state index contributed by atoms with van der Waals surface area (Å²) in [5.74, 6) is -0.449. The molecule has 0 aliphatic carbocycles. The first-order chi connectivity index (χ1) is 6.68. The van der Waals surface area contributed by atoms with Crippen LogP contribution in [0.15, 0.2) is 33.5 Å². The maximum atomic E-state index is 12.9. The summed E-state index contributed by atoms with van der Waals surface area (Å²) in [6.07, 6.45) is 1.45. The van der Waals surface area contributed by atoms with Crippen molar-refractivity contribution < 1.29 is 8.91 Å². The van der Waals surface area contributed by atoms with Crippen molar-refractivity contribution in [2.75, 3.05) is 0 Å². The van der Waals surface area contributed by atoms with Gasteiger partial charge in [-0.3, -0.25) is 0 Å². The Morgan fingerprint density at radius 2 is 2.21 bits per heavy atom. The van der Waals surface area contributed by atoms with Crippen molar-refractivity contribution in [1.82, 2.24) is 5.16 Å². The van der Waals surface area contributed by atoms with Crippen LogP contribution >= 0.6 is 27.5 Å². The Labute approximate surface area is 92.8 Å². The fourth-order valence-electron chi connectivity index (χ4n) is 1.06. The highest BCUT2D eigenvalue weighted by Crippen LogP contribution is 2.29. The first-order valence-corrected chi connectivity index (χ1v) is 4.91. The van der Waals surface area contributed by atoms with Gasteiger partial charge in [0.25, 0.3) is 0 Å². The van der Waals surface area contributed by atoms with Gasteiger partial charge in [0.05, 0.1) is 9.50 Å². The summed E-state index contributed by atoms with van der Waals surface area (Å²) in [6, 6.07) is 4.38. The molecule has 14 heavy (non-hydrogen) atoms. The highest BCUT2D eigenvalue weighted by molar-refractivity contribution is 9.10. The highest BCUT2D eigenvalue weighted by Gasteiger charge is 2.09. The Morgan fingerprint density at radius 1 is 1.43 bits per heavy atom. The molecule has 0 saturated heterocycles. The molecule has 0 aliphatic heterocycles. The van der Waals surface area contributed by atoms with Crippen LogP contribution in [-0.2, 0) is 0 Å². The molecule has 0 radical (unpaired) electrons. The molecule has 2 rings (SSSR count). The number of hydrogen-bond acceptors (Lipinski definition) is 2. The lowest BCUT2D eigenvalue weighted by Gasteiger charge is -1.98. The zero-order valence-corrected chi connectivity index (χ0v) is 9.14. The van der Waals surface area contributed by atoms with E-state index in [-0.39, 0.29) is 5.02 Å². The summed E-state index contributed by atoms with van der Waals surface area (Å²) < 4.78 is 18.3. The van der Waals surface area contributed by atoms with Crippen molar-refractivity contribution in [1.29, 1.82) is 0 Å². The Hall–Kier alpha value is -0.870. The SMILES string of the molecule is Fc1ccc(-c2nocc2Br)cc1Cl. The van der Waals surface area contributed by atoms with Crippen LogP contribution in [0.3, 0.4) is 0 Å². The third kappa shape index (κ3) is 1.67. The van der Waals surface area contributed by atoms with Crippen LogP contribution in [0.4, 0.5) is 4.39 Å². The Bertz CT molecular complexity index is 472. The third-order valence-corrected chi connectivity index (χ3v) is 2.57. The molecule has 0 atom stereocenters. The number of aromatic nitrogens is 1. The normalized spacial score (nSPS) is 10.5. The van der Waals surface area contributed by atoms with E-state index in [1.165, 1.54) is 18.4 Å². The van der Waals surface area contributed by atoms with Crippen LogP contribution in [-0.4, -0.2) is 5.16 Å². The molecule has 72 valence electrons. The van der Waals surface area contributed by atoms with Gasteiger partial charge in [-0.25, -0.2) is 4.39 Å². The quantitative estimate of drug-likeness (QED) is 0.789. The Morgan fingerprint density at radius 3 is 2.79 bits per heavy atom. The van der Waals surface area contributed by atoms with Crippen LogP contribution in [0, 0.1) is 5.82 Å². The van der Waals surface area contributed by atoms with Crippen molar-refractivity contribution in [3.8, 4) is 11.3 Å². The summed E-state index contributed by atoms with van der Waals surface area (Å²) in [4.78, 5) is 0. The zero-order valence-electron chi connectivity index (χ0n) is 6.80. The van der Waals surface area contributed by atoms with Crippen LogP contribution in [0.5, 0.6) is 0 Å². The minimum atomic E-state index is -0.449. The van der Waals surface area contributed by atoms with Crippen LogP contribution in [0.2, 0.25) is 5.02 Å². The van der Waals surface area contributed by atoms with Gasteiger partial charge in [-0.1, -0.05) is 16.8 Å². The smallest absolute Gasteiger partial charge is 0.141 e. The average molecular weight is 276 g/mol. The monoisotopic (exact) mass is 275 g/mol. The number of benzene rings is 1. The molecule has 0 amide bonds. The maximum Gasteiger partial charge on any atom is 0.141 e. The van der Waals surface area contributed by atoms with E-state index in [0.717, 1.165) is 0 Å². The van der Waals surface area contributed by atoms with E-state index in [9.17, 15) is 4.39 Å². The van der Waals surface area contributed by atoms with Crippen molar-refractivity contribution in [2.45, 2.75) is 0 Å². The highest BCUT2D eigenvalue weighted by atomic mass is 79.9. The summed E-state index contributed by atoms with van der Waals surface area (Å²) in [5.41, 5.74) is 1.31. The molecule has 1 aromatic heterocycles. The van der Waals surface area contributed by atoms with Gasteiger partial charge in [-0.15, -0.1) is 0 Å². The molecule has 0 spiro atoms. The molecule has 5 heteroatoms. The molecule has 0 aliphatic rings. The number of halogens is 3. The second-order valence-electron chi connectivity index (χ2n) is 2.64. The molecule has 2 nitrogen and oxygen atoms in total. The molecule has 0 saturated carbocycles. The summed E-state index contributed by atoms with van der Waals surface area (Å²) in [5, 5.41) is 3.82. The standard InChI is InChI=1S/C9H4BrClFNO/c10-6-4-14-13-9(6)5-1-2-8(12)7(11)3-5/h1-4H.